The first-order valence-corrected chi connectivity index (χ1v) is 14.5. The van der Waals surface area contributed by atoms with E-state index in [-0.39, 0.29) is 0 Å². The van der Waals surface area contributed by atoms with Gasteiger partial charge < -0.3 is 5.32 Å². The van der Waals surface area contributed by atoms with Crippen LogP contribution in [0.3, 0.4) is 0 Å². The van der Waals surface area contributed by atoms with E-state index in [1.54, 1.807) is 5.57 Å². The molecule has 0 amide bonds. The van der Waals surface area contributed by atoms with E-state index in [2.05, 4.69) is 80.3 Å². The summed E-state index contributed by atoms with van der Waals surface area (Å²) in [6, 6.07) is 2.05. The van der Waals surface area contributed by atoms with Crippen LogP contribution in [0.4, 0.5) is 0 Å². The maximum absolute atomic E-state index is 3.67. The van der Waals surface area contributed by atoms with E-state index < -0.39 is 15.9 Å². The van der Waals surface area contributed by atoms with Crippen LogP contribution in [0.2, 0.25) is 22.7 Å². The molecule has 0 saturated carbocycles. The lowest BCUT2D eigenvalue weighted by molar-refractivity contribution is 0.611. The van der Waals surface area contributed by atoms with Gasteiger partial charge in [-0.05, 0) is 26.4 Å². The van der Waals surface area contributed by atoms with E-state index in [0.717, 1.165) is 16.6 Å². The van der Waals surface area contributed by atoms with Crippen LogP contribution in [-0.4, -0.2) is 28.5 Å². The fourth-order valence-corrected chi connectivity index (χ4v) is 25.0. The Hall–Kier alpha value is 0.134. The zero-order chi connectivity index (χ0) is 16.8. The van der Waals surface area contributed by atoms with Crippen LogP contribution in [-0.2, 0) is 0 Å². The molecule has 1 unspecified atom stereocenters. The third kappa shape index (κ3) is 5.68. The number of nitrogens with one attached hydrogen (secondary N) is 1. The standard InChI is InChI=1S/C18H41NSi2/c1-14(2)13-20(12-11-19-15(3)4)21(16(5)6,17(7)8)18(9)10/h13,15-20H,11-12H2,1-10H3. The van der Waals surface area contributed by atoms with Crippen LogP contribution in [0, 0.1) is 0 Å². The van der Waals surface area contributed by atoms with Crippen molar-refractivity contribution in [3.05, 3.63) is 11.3 Å². The smallest absolute Gasteiger partial charge is 0.0579 e. The van der Waals surface area contributed by atoms with Gasteiger partial charge >= 0.3 is 0 Å². The molecule has 1 atom stereocenters. The molecular weight excluding hydrogens is 286 g/mol. The van der Waals surface area contributed by atoms with Gasteiger partial charge in [0.1, 0.15) is 0 Å². The average molecular weight is 328 g/mol. The van der Waals surface area contributed by atoms with Gasteiger partial charge in [0.2, 0.25) is 0 Å². The summed E-state index contributed by atoms with van der Waals surface area (Å²) < 4.78 is 0. The molecule has 3 heteroatoms. The summed E-state index contributed by atoms with van der Waals surface area (Å²) in [7, 11) is -2.13. The lowest BCUT2D eigenvalue weighted by atomic mass is 10.4. The Morgan fingerprint density at radius 2 is 1.33 bits per heavy atom. The SMILES string of the molecule is CC(C)=C[SiH](CCNC(C)C)[Si](C(C)C)(C(C)C)C(C)C. The van der Waals surface area contributed by atoms with Gasteiger partial charge in [-0.25, -0.2) is 0 Å². The average Bonchev–Trinajstić information content (AvgIpc) is 2.26. The summed E-state index contributed by atoms with van der Waals surface area (Å²) in [6.45, 7) is 25.4. The molecule has 1 nitrogen and oxygen atoms in total. The molecular formula is C18H41NSi2. The van der Waals surface area contributed by atoms with Gasteiger partial charge in [-0.2, -0.15) is 0 Å². The van der Waals surface area contributed by atoms with Crippen LogP contribution in [0.1, 0.15) is 69.2 Å². The molecule has 0 aliphatic heterocycles. The Kier molecular flexibility index (Phi) is 9.37. The van der Waals surface area contributed by atoms with E-state index in [1.165, 1.54) is 12.6 Å². The van der Waals surface area contributed by atoms with Gasteiger partial charge in [0, 0.05) is 6.04 Å². The summed E-state index contributed by atoms with van der Waals surface area (Å²) in [5.74, 6) is 0. The molecule has 0 radical (unpaired) electrons. The van der Waals surface area contributed by atoms with Gasteiger partial charge in [0.15, 0.2) is 0 Å². The third-order valence-electron chi connectivity index (χ3n) is 5.18. The highest BCUT2D eigenvalue weighted by Crippen LogP contribution is 2.44. The zero-order valence-electron chi connectivity index (χ0n) is 16.4. The number of hydrogen-bond acceptors (Lipinski definition) is 1. The van der Waals surface area contributed by atoms with Crippen LogP contribution < -0.4 is 5.32 Å². The van der Waals surface area contributed by atoms with Crippen molar-refractivity contribution in [2.45, 2.75) is 97.9 Å². The minimum absolute atomic E-state index is 0.611. The summed E-state index contributed by atoms with van der Waals surface area (Å²) in [6.07, 6.45) is 0. The maximum atomic E-state index is 3.67. The minimum Gasteiger partial charge on any atom is -0.315 e. The first-order chi connectivity index (χ1) is 9.56. The van der Waals surface area contributed by atoms with E-state index in [0.29, 0.717) is 6.04 Å². The predicted octanol–water partition coefficient (Wildman–Crippen LogP) is 5.47. The Labute approximate surface area is 137 Å². The second-order valence-electron chi connectivity index (χ2n) is 8.21. The van der Waals surface area contributed by atoms with Crippen LogP contribution in [0.5, 0.6) is 0 Å². The molecule has 0 rings (SSSR count). The molecule has 126 valence electrons. The topological polar surface area (TPSA) is 12.0 Å². The zero-order valence-corrected chi connectivity index (χ0v) is 18.5. The molecule has 0 saturated heterocycles. The summed E-state index contributed by atoms with van der Waals surface area (Å²) in [5.41, 5.74) is 6.97. The van der Waals surface area contributed by atoms with E-state index in [1.807, 2.05) is 0 Å². The molecule has 0 aromatic rings. The van der Waals surface area contributed by atoms with Crippen molar-refractivity contribution < 1.29 is 0 Å². The van der Waals surface area contributed by atoms with Gasteiger partial charge in [0.25, 0.3) is 0 Å². The lowest BCUT2D eigenvalue weighted by Crippen LogP contribution is -2.58. The summed E-state index contributed by atoms with van der Waals surface area (Å²) in [4.78, 5) is 0. The number of rotatable bonds is 9. The second-order valence-corrected chi connectivity index (χ2v) is 21.0. The molecule has 0 aromatic carbocycles. The van der Waals surface area contributed by atoms with Crippen LogP contribution in [0.15, 0.2) is 11.3 Å². The minimum atomic E-state index is -1.27. The molecule has 0 aliphatic carbocycles. The first-order valence-electron chi connectivity index (χ1n) is 8.95. The largest absolute Gasteiger partial charge is 0.315 e. The van der Waals surface area contributed by atoms with Gasteiger partial charge in [-0.15, -0.1) is 5.70 Å². The summed E-state index contributed by atoms with van der Waals surface area (Å²) in [5, 5.41) is 3.67. The van der Waals surface area contributed by atoms with Gasteiger partial charge in [-0.3, -0.25) is 0 Å². The van der Waals surface area contributed by atoms with Crippen molar-refractivity contribution in [2.75, 3.05) is 6.54 Å². The van der Waals surface area contributed by atoms with E-state index >= 15 is 0 Å². The Balaban J connectivity index is 5.52. The highest BCUT2D eigenvalue weighted by molar-refractivity contribution is 7.36. The van der Waals surface area contributed by atoms with Crippen LogP contribution in [0.25, 0.3) is 0 Å². The van der Waals surface area contributed by atoms with Crippen molar-refractivity contribution >= 4 is 15.9 Å². The molecule has 21 heavy (non-hydrogen) atoms. The molecule has 0 heterocycles. The Bertz CT molecular complexity index is 293. The highest BCUT2D eigenvalue weighted by Gasteiger charge is 2.48. The lowest BCUT2D eigenvalue weighted by Gasteiger charge is -2.48. The fraction of sp³-hybridized carbons (Fsp3) is 0.889. The van der Waals surface area contributed by atoms with Crippen molar-refractivity contribution in [2.24, 2.45) is 0 Å². The quantitative estimate of drug-likeness (QED) is 0.553. The Morgan fingerprint density at radius 1 is 0.905 bits per heavy atom. The van der Waals surface area contributed by atoms with Gasteiger partial charge in [0.05, 0.1) is 15.9 Å². The first kappa shape index (κ1) is 21.1. The normalized spacial score (nSPS) is 14.4. The molecule has 0 aliphatic rings. The highest BCUT2D eigenvalue weighted by atomic mass is 29.2. The predicted molar refractivity (Wildman–Crippen MR) is 106 cm³/mol. The van der Waals surface area contributed by atoms with Crippen LogP contribution >= 0.6 is 0 Å². The van der Waals surface area contributed by atoms with Crippen molar-refractivity contribution in [3.63, 3.8) is 0 Å². The fourth-order valence-electron chi connectivity index (χ4n) is 4.69. The monoisotopic (exact) mass is 327 g/mol. The number of allylic oxidation sites excluding steroid dienone is 1. The van der Waals surface area contributed by atoms with E-state index in [9.17, 15) is 0 Å². The van der Waals surface area contributed by atoms with Gasteiger partial charge in [-0.1, -0.05) is 77.6 Å². The Morgan fingerprint density at radius 3 is 1.62 bits per heavy atom. The molecule has 1 N–H and O–H groups in total. The number of hydrogen-bond donors (Lipinski definition) is 1. The molecule has 0 aromatic heterocycles. The molecule has 0 spiro atoms. The summed E-state index contributed by atoms with van der Waals surface area (Å²) >= 11 is 0. The molecule has 0 bridgehead atoms. The third-order valence-corrected chi connectivity index (χ3v) is 25.7. The van der Waals surface area contributed by atoms with Crippen molar-refractivity contribution in [1.82, 2.24) is 5.32 Å². The molecule has 0 fully saturated rings. The van der Waals surface area contributed by atoms with E-state index in [4.69, 9.17) is 0 Å². The van der Waals surface area contributed by atoms with Crippen molar-refractivity contribution in [3.8, 4) is 0 Å². The van der Waals surface area contributed by atoms with Crippen molar-refractivity contribution in [1.29, 1.82) is 0 Å². The second kappa shape index (κ2) is 9.31. The maximum Gasteiger partial charge on any atom is 0.0579 e.